The van der Waals surface area contributed by atoms with Crippen LogP contribution in [0.3, 0.4) is 0 Å². The molecule has 2 amide bonds. The molecule has 5 rings (SSSR count). The van der Waals surface area contributed by atoms with E-state index in [4.69, 9.17) is 27.9 Å². The van der Waals surface area contributed by atoms with Crippen LogP contribution in [0.15, 0.2) is 60.8 Å². The van der Waals surface area contributed by atoms with Gasteiger partial charge in [0.1, 0.15) is 5.75 Å². The number of hydrogen-bond donors (Lipinski definition) is 2. The van der Waals surface area contributed by atoms with E-state index in [1.54, 1.807) is 72.8 Å². The number of amides is 2. The molecule has 2 aromatic carbocycles. The topological polar surface area (TPSA) is 118 Å². The number of halogens is 2. The molecule has 1 aliphatic carbocycles. The summed E-state index contributed by atoms with van der Waals surface area (Å²) in [6, 6.07) is 13.6. The Hall–Kier alpha value is -3.18. The monoisotopic (exact) mass is 630 g/mol. The molecule has 1 aromatic heterocycles. The van der Waals surface area contributed by atoms with Gasteiger partial charge in [0.05, 0.1) is 37.6 Å². The minimum absolute atomic E-state index is 0.130. The molecule has 4 atom stereocenters. The molecular weight excluding hydrogens is 599 g/mol. The molecule has 0 spiro atoms. The number of benzene rings is 2. The Morgan fingerprint density at radius 2 is 1.83 bits per heavy atom. The first-order valence-corrected chi connectivity index (χ1v) is 16.3. The first-order valence-electron chi connectivity index (χ1n) is 13.7. The van der Waals surface area contributed by atoms with E-state index >= 15 is 0 Å². The number of nitrogens with one attached hydrogen (secondary N) is 2. The summed E-state index contributed by atoms with van der Waals surface area (Å²) >= 11 is 13.0. The van der Waals surface area contributed by atoms with Crippen LogP contribution in [0.2, 0.25) is 10.0 Å². The highest BCUT2D eigenvalue weighted by Gasteiger charge is 2.49. The van der Waals surface area contributed by atoms with E-state index in [0.717, 1.165) is 19.1 Å². The lowest BCUT2D eigenvalue weighted by Crippen LogP contribution is -2.59. The fourth-order valence-electron chi connectivity index (χ4n) is 6.10. The van der Waals surface area contributed by atoms with Gasteiger partial charge in [0.25, 0.3) is 5.91 Å². The van der Waals surface area contributed by atoms with Crippen molar-refractivity contribution in [1.82, 2.24) is 19.9 Å². The van der Waals surface area contributed by atoms with Crippen molar-refractivity contribution in [2.45, 2.75) is 56.3 Å². The SMILES string of the molecule is COc1ccnc(CNC(=O)[C@@H]2c3ccccc3C(=O)N([C@H]3CCCC[C@@H]3NS(C)(=O)=O)[C@H]2c2ccc(Cl)cc2Cl)c1. The minimum Gasteiger partial charge on any atom is -0.497 e. The number of ether oxygens (including phenoxy) is 1. The third-order valence-electron chi connectivity index (χ3n) is 7.86. The maximum atomic E-state index is 14.3. The number of nitrogens with zero attached hydrogens (tertiary/aromatic N) is 2. The minimum atomic E-state index is -3.57. The van der Waals surface area contributed by atoms with E-state index in [2.05, 4.69) is 15.0 Å². The second-order valence-electron chi connectivity index (χ2n) is 10.6. The van der Waals surface area contributed by atoms with Gasteiger partial charge in [-0.05, 0) is 48.2 Å². The molecule has 0 saturated heterocycles. The summed E-state index contributed by atoms with van der Waals surface area (Å²) in [6.07, 6.45) is 5.45. The number of sulfonamides is 1. The molecule has 0 unspecified atom stereocenters. The summed E-state index contributed by atoms with van der Waals surface area (Å²) in [6.45, 7) is 0.130. The molecule has 12 heteroatoms. The van der Waals surface area contributed by atoms with Crippen LogP contribution in [-0.4, -0.2) is 55.6 Å². The smallest absolute Gasteiger partial charge is 0.255 e. The number of aromatic nitrogens is 1. The maximum Gasteiger partial charge on any atom is 0.255 e. The van der Waals surface area contributed by atoms with Crippen molar-refractivity contribution in [3.63, 3.8) is 0 Å². The van der Waals surface area contributed by atoms with E-state index in [-0.39, 0.29) is 18.4 Å². The number of fused-ring (bicyclic) bond motifs is 1. The summed E-state index contributed by atoms with van der Waals surface area (Å²) < 4.78 is 32.8. The molecule has 0 radical (unpaired) electrons. The van der Waals surface area contributed by atoms with E-state index in [1.165, 1.54) is 0 Å². The maximum absolute atomic E-state index is 14.3. The van der Waals surface area contributed by atoms with Gasteiger partial charge in [0.15, 0.2) is 0 Å². The van der Waals surface area contributed by atoms with Crippen LogP contribution >= 0.6 is 23.2 Å². The second kappa shape index (κ2) is 12.6. The summed E-state index contributed by atoms with van der Waals surface area (Å²) in [5, 5.41) is 3.72. The fraction of sp³-hybridized carbons (Fsp3) is 0.367. The number of carbonyl (C=O) groups is 2. The first-order chi connectivity index (χ1) is 20.1. The number of pyridine rings is 1. The largest absolute Gasteiger partial charge is 0.497 e. The molecule has 1 aliphatic heterocycles. The number of rotatable bonds is 8. The van der Waals surface area contributed by atoms with Crippen molar-refractivity contribution < 1.29 is 22.7 Å². The van der Waals surface area contributed by atoms with E-state index < -0.39 is 34.1 Å². The Labute approximate surface area is 255 Å². The highest BCUT2D eigenvalue weighted by Crippen LogP contribution is 2.47. The normalized spacial score (nSPS) is 22.4. The zero-order valence-electron chi connectivity index (χ0n) is 23.2. The molecule has 42 heavy (non-hydrogen) atoms. The van der Waals surface area contributed by atoms with Crippen molar-refractivity contribution >= 4 is 45.0 Å². The summed E-state index contributed by atoms with van der Waals surface area (Å²) in [4.78, 5) is 34.5. The molecule has 2 aliphatic rings. The van der Waals surface area contributed by atoms with Gasteiger partial charge in [0.2, 0.25) is 15.9 Å². The zero-order chi connectivity index (χ0) is 30.0. The third kappa shape index (κ3) is 6.41. The van der Waals surface area contributed by atoms with Gasteiger partial charge in [-0.15, -0.1) is 0 Å². The molecular formula is C30H32Cl2N4O5S. The Balaban J connectivity index is 1.63. The van der Waals surface area contributed by atoms with Crippen molar-refractivity contribution in [3.8, 4) is 5.75 Å². The predicted octanol–water partition coefficient (Wildman–Crippen LogP) is 4.85. The summed E-state index contributed by atoms with van der Waals surface area (Å²) in [5.41, 5.74) is 2.11. The van der Waals surface area contributed by atoms with Crippen LogP contribution in [-0.2, 0) is 21.4 Å². The Morgan fingerprint density at radius 1 is 1.07 bits per heavy atom. The van der Waals surface area contributed by atoms with Gasteiger partial charge in [-0.2, -0.15) is 0 Å². The van der Waals surface area contributed by atoms with Gasteiger partial charge in [-0.25, -0.2) is 13.1 Å². The van der Waals surface area contributed by atoms with E-state index in [1.807, 2.05) is 0 Å². The lowest BCUT2D eigenvalue weighted by atomic mass is 9.76. The first kappa shape index (κ1) is 30.3. The molecule has 9 nitrogen and oxygen atoms in total. The van der Waals surface area contributed by atoms with Crippen molar-refractivity contribution in [3.05, 3.63) is 93.2 Å². The molecule has 1 fully saturated rings. The summed E-state index contributed by atoms with van der Waals surface area (Å²) in [5.74, 6) is -0.859. The summed E-state index contributed by atoms with van der Waals surface area (Å²) in [7, 11) is -2.02. The molecule has 0 bridgehead atoms. The van der Waals surface area contributed by atoms with Crippen LogP contribution in [0.25, 0.3) is 0 Å². The third-order valence-corrected chi connectivity index (χ3v) is 9.15. The molecule has 3 aromatic rings. The standard InChI is InChI=1S/C30H32Cl2N4O5S/c1-41-20-13-14-33-19(16-20)17-34-29(37)27-21-7-3-4-8-22(21)30(38)36(28(27)23-12-11-18(31)15-24(23)32)26-10-6-5-9-25(26)35-42(2,39)40/h3-4,7-8,11-16,25-28,35H,5-6,9-10,17H2,1-2H3,(H,34,37)/t25-,26-,27+,28-/m0/s1. The average Bonchev–Trinajstić information content (AvgIpc) is 2.96. The van der Waals surface area contributed by atoms with Crippen molar-refractivity contribution in [1.29, 1.82) is 0 Å². The van der Waals surface area contributed by atoms with Gasteiger partial charge >= 0.3 is 0 Å². The van der Waals surface area contributed by atoms with Crippen LogP contribution in [0.4, 0.5) is 0 Å². The van der Waals surface area contributed by atoms with E-state index in [0.29, 0.717) is 51.0 Å². The number of hydrogen-bond acceptors (Lipinski definition) is 6. The Bertz CT molecular complexity index is 1600. The van der Waals surface area contributed by atoms with Crippen molar-refractivity contribution in [2.75, 3.05) is 13.4 Å². The van der Waals surface area contributed by atoms with Gasteiger partial charge < -0.3 is 15.0 Å². The van der Waals surface area contributed by atoms with Crippen LogP contribution in [0.5, 0.6) is 5.75 Å². The second-order valence-corrected chi connectivity index (χ2v) is 13.3. The average molecular weight is 632 g/mol. The van der Waals surface area contributed by atoms with E-state index in [9.17, 15) is 18.0 Å². The fourth-order valence-corrected chi connectivity index (χ4v) is 7.44. The lowest BCUT2D eigenvalue weighted by Gasteiger charge is -2.49. The quantitative estimate of drug-likeness (QED) is 0.367. The van der Waals surface area contributed by atoms with Crippen LogP contribution in [0.1, 0.15) is 64.8 Å². The van der Waals surface area contributed by atoms with Crippen molar-refractivity contribution in [2.24, 2.45) is 0 Å². The molecule has 222 valence electrons. The molecule has 2 N–H and O–H groups in total. The molecule has 1 saturated carbocycles. The number of methoxy groups -OCH3 is 1. The Kier molecular flexibility index (Phi) is 9.08. The zero-order valence-corrected chi connectivity index (χ0v) is 25.5. The highest BCUT2D eigenvalue weighted by molar-refractivity contribution is 7.88. The van der Waals surface area contributed by atoms with Crippen LogP contribution in [0, 0.1) is 0 Å². The van der Waals surface area contributed by atoms with Gasteiger partial charge in [-0.3, -0.25) is 14.6 Å². The van der Waals surface area contributed by atoms with Gasteiger partial charge in [0, 0.05) is 40.0 Å². The Morgan fingerprint density at radius 3 is 2.57 bits per heavy atom. The predicted molar refractivity (Wildman–Crippen MR) is 161 cm³/mol. The highest BCUT2D eigenvalue weighted by atomic mass is 35.5. The van der Waals surface area contributed by atoms with Gasteiger partial charge in [-0.1, -0.05) is 60.3 Å². The molecule has 2 heterocycles. The lowest BCUT2D eigenvalue weighted by molar-refractivity contribution is -0.124. The number of carbonyl (C=O) groups excluding carboxylic acids is 2. The van der Waals surface area contributed by atoms with Crippen LogP contribution < -0.4 is 14.8 Å².